The molecule has 0 saturated heterocycles. The molecule has 0 saturated carbocycles. The summed E-state index contributed by atoms with van der Waals surface area (Å²) in [6.07, 6.45) is -3.87. The number of hydrogen-bond donors (Lipinski definition) is 1. The van der Waals surface area contributed by atoms with Gasteiger partial charge in [0.25, 0.3) is 0 Å². The minimum Gasteiger partial charge on any atom is -0.479 e. The number of aliphatic carboxylic acids is 1. The van der Waals surface area contributed by atoms with E-state index in [2.05, 4.69) is 9.84 Å². The molecule has 0 spiro atoms. The van der Waals surface area contributed by atoms with Crippen LogP contribution in [0.25, 0.3) is 0 Å². The number of halogens is 4. The Morgan fingerprint density at radius 2 is 2.17 bits per heavy atom. The second-order valence-electron chi connectivity index (χ2n) is 3.08. The normalized spacial score (nSPS) is 11.3. The molecule has 1 aromatic rings. The Labute approximate surface area is 103 Å². The van der Waals surface area contributed by atoms with E-state index >= 15 is 0 Å². The van der Waals surface area contributed by atoms with Gasteiger partial charge in [-0.05, 0) is 0 Å². The van der Waals surface area contributed by atoms with E-state index in [9.17, 15) is 22.8 Å². The molecule has 0 atom stereocenters. The van der Waals surface area contributed by atoms with Gasteiger partial charge in [-0.2, -0.15) is 18.3 Å². The predicted octanol–water partition coefficient (Wildman–Crippen LogP) is 0.922. The quantitative estimate of drug-likeness (QED) is 0.890. The molecule has 0 aliphatic rings. The third-order valence-electron chi connectivity index (χ3n) is 1.63. The van der Waals surface area contributed by atoms with Gasteiger partial charge in [0.2, 0.25) is 5.75 Å². The number of ether oxygens (including phenoxy) is 1. The van der Waals surface area contributed by atoms with Gasteiger partial charge in [0.1, 0.15) is 11.6 Å². The number of carboxylic acid groups (broad SMARTS) is 1. The van der Waals surface area contributed by atoms with E-state index in [0.717, 1.165) is 6.20 Å². The lowest BCUT2D eigenvalue weighted by Crippen LogP contribution is -2.31. The fourth-order valence-corrected chi connectivity index (χ4v) is 1.18. The van der Waals surface area contributed by atoms with Crippen molar-refractivity contribution in [3.8, 4) is 5.75 Å². The van der Waals surface area contributed by atoms with E-state index in [-0.39, 0.29) is 9.70 Å². The van der Waals surface area contributed by atoms with E-state index < -0.39 is 36.6 Å². The van der Waals surface area contributed by atoms with Crippen molar-refractivity contribution in [1.29, 1.82) is 0 Å². The Bertz CT molecular complexity index is 514. The summed E-state index contributed by atoms with van der Waals surface area (Å²) >= 11 is 5.48. The first-order valence-corrected chi connectivity index (χ1v) is 4.75. The number of rotatable bonds is 4. The largest absolute Gasteiger partial charge is 0.479 e. The highest BCUT2D eigenvalue weighted by Crippen LogP contribution is 2.20. The van der Waals surface area contributed by atoms with E-state index in [4.69, 9.17) is 16.7 Å². The van der Waals surface area contributed by atoms with Crippen LogP contribution >= 0.6 is 11.6 Å². The summed E-state index contributed by atoms with van der Waals surface area (Å²) in [4.78, 5) is 21.7. The molecule has 0 aliphatic carbocycles. The van der Waals surface area contributed by atoms with Crippen molar-refractivity contribution in [1.82, 2.24) is 9.78 Å². The second kappa shape index (κ2) is 5.25. The predicted molar refractivity (Wildman–Crippen MR) is 52.7 cm³/mol. The maximum atomic E-state index is 12.1. The summed E-state index contributed by atoms with van der Waals surface area (Å²) in [5.41, 5.74) is -1.25. The highest BCUT2D eigenvalue weighted by Gasteiger charge is 2.30. The summed E-state index contributed by atoms with van der Waals surface area (Å²) < 4.78 is 40.9. The first-order chi connectivity index (χ1) is 8.20. The summed E-state index contributed by atoms with van der Waals surface area (Å²) in [6.45, 7) is -2.52. The van der Waals surface area contributed by atoms with Gasteiger partial charge >= 0.3 is 17.7 Å². The molecule has 0 aromatic carbocycles. The average molecular weight is 287 g/mol. The molecule has 0 amide bonds. The van der Waals surface area contributed by atoms with Gasteiger partial charge in [0.15, 0.2) is 6.61 Å². The van der Waals surface area contributed by atoms with Crippen LogP contribution in [-0.4, -0.2) is 33.6 Å². The molecular weight excluding hydrogens is 281 g/mol. The molecule has 0 unspecified atom stereocenters. The van der Waals surface area contributed by atoms with Gasteiger partial charge < -0.3 is 9.84 Å². The van der Waals surface area contributed by atoms with Crippen LogP contribution in [0, 0.1) is 0 Å². The van der Waals surface area contributed by atoms with Crippen LogP contribution in [0.1, 0.15) is 0 Å². The zero-order valence-corrected chi connectivity index (χ0v) is 9.33. The lowest BCUT2D eigenvalue weighted by Gasteiger charge is -2.10. The van der Waals surface area contributed by atoms with Crippen LogP contribution in [0.2, 0.25) is 5.02 Å². The highest BCUT2D eigenvalue weighted by atomic mass is 35.5. The van der Waals surface area contributed by atoms with E-state index in [1.165, 1.54) is 0 Å². The van der Waals surface area contributed by atoms with Crippen LogP contribution in [0.4, 0.5) is 13.2 Å². The first-order valence-electron chi connectivity index (χ1n) is 4.37. The molecule has 0 bridgehead atoms. The van der Waals surface area contributed by atoms with Gasteiger partial charge in [-0.1, -0.05) is 11.6 Å². The maximum absolute atomic E-state index is 12.1. The molecule has 0 fully saturated rings. The van der Waals surface area contributed by atoms with Crippen molar-refractivity contribution in [2.45, 2.75) is 12.7 Å². The summed E-state index contributed by atoms with van der Waals surface area (Å²) in [5, 5.41) is 11.2. The summed E-state index contributed by atoms with van der Waals surface area (Å²) in [5.74, 6) is -2.08. The van der Waals surface area contributed by atoms with Gasteiger partial charge in [0, 0.05) is 0 Å². The lowest BCUT2D eigenvalue weighted by atomic mass is 10.5. The van der Waals surface area contributed by atoms with E-state index in [1.807, 2.05) is 0 Å². The molecule has 1 aromatic heterocycles. The number of carbonyl (C=O) groups is 1. The van der Waals surface area contributed by atoms with Gasteiger partial charge in [0.05, 0.1) is 6.20 Å². The fourth-order valence-electron chi connectivity index (χ4n) is 0.998. The van der Waals surface area contributed by atoms with Crippen LogP contribution < -0.4 is 10.3 Å². The Morgan fingerprint density at radius 1 is 1.56 bits per heavy atom. The molecule has 10 heteroatoms. The van der Waals surface area contributed by atoms with Crippen molar-refractivity contribution < 1.29 is 27.8 Å². The van der Waals surface area contributed by atoms with E-state index in [1.54, 1.807) is 0 Å². The van der Waals surface area contributed by atoms with Gasteiger partial charge in [-0.3, -0.25) is 4.79 Å². The van der Waals surface area contributed by atoms with E-state index in [0.29, 0.717) is 0 Å². The monoisotopic (exact) mass is 286 g/mol. The number of aromatic nitrogens is 2. The second-order valence-corrected chi connectivity index (χ2v) is 3.49. The Hall–Kier alpha value is -1.77. The number of alkyl halides is 3. The first kappa shape index (κ1) is 14.3. The Balaban J connectivity index is 3.07. The molecule has 1 rings (SSSR count). The minimum atomic E-state index is -4.64. The number of hydrogen-bond acceptors (Lipinski definition) is 4. The SMILES string of the molecule is O=C(O)COc1c(Cl)cnn(CC(F)(F)F)c1=O. The smallest absolute Gasteiger partial charge is 0.408 e. The van der Waals surface area contributed by atoms with Crippen molar-refractivity contribution in [2.75, 3.05) is 6.61 Å². The van der Waals surface area contributed by atoms with Gasteiger partial charge in [-0.15, -0.1) is 0 Å². The van der Waals surface area contributed by atoms with Crippen molar-refractivity contribution >= 4 is 17.6 Å². The summed E-state index contributed by atoms with van der Waals surface area (Å²) in [7, 11) is 0. The third kappa shape index (κ3) is 3.91. The summed E-state index contributed by atoms with van der Waals surface area (Å²) in [6, 6.07) is 0. The molecule has 6 nitrogen and oxygen atoms in total. The average Bonchev–Trinajstić information content (AvgIpc) is 2.20. The Kier molecular flexibility index (Phi) is 4.17. The topological polar surface area (TPSA) is 81.4 Å². The molecule has 1 N–H and O–H groups in total. The molecular formula is C8H6ClF3N2O4. The van der Waals surface area contributed by atoms with Crippen LogP contribution in [0.3, 0.4) is 0 Å². The van der Waals surface area contributed by atoms with Crippen LogP contribution in [0.15, 0.2) is 11.0 Å². The molecule has 100 valence electrons. The molecule has 18 heavy (non-hydrogen) atoms. The Morgan fingerprint density at radius 3 is 2.67 bits per heavy atom. The minimum absolute atomic E-state index is 0.0864. The fraction of sp³-hybridized carbons (Fsp3) is 0.375. The van der Waals surface area contributed by atoms with Gasteiger partial charge in [-0.25, -0.2) is 9.48 Å². The molecule has 1 heterocycles. The van der Waals surface area contributed by atoms with Crippen molar-refractivity contribution in [3.05, 3.63) is 21.6 Å². The lowest BCUT2D eigenvalue weighted by molar-refractivity contribution is -0.144. The standard InChI is InChI=1S/C8H6ClF3N2O4/c9-4-1-13-14(3-8(10,11)12)7(17)6(4)18-2-5(15)16/h1H,2-3H2,(H,15,16). The number of carboxylic acids is 1. The van der Waals surface area contributed by atoms with Crippen molar-refractivity contribution in [3.63, 3.8) is 0 Å². The highest BCUT2D eigenvalue weighted by molar-refractivity contribution is 6.31. The van der Waals surface area contributed by atoms with Crippen LogP contribution in [0.5, 0.6) is 5.75 Å². The maximum Gasteiger partial charge on any atom is 0.408 e. The zero-order valence-electron chi connectivity index (χ0n) is 8.57. The molecule has 0 radical (unpaired) electrons. The third-order valence-corrected chi connectivity index (χ3v) is 1.89. The zero-order chi connectivity index (χ0) is 13.9. The number of nitrogens with zero attached hydrogens (tertiary/aromatic N) is 2. The van der Waals surface area contributed by atoms with Crippen LogP contribution in [-0.2, 0) is 11.3 Å². The molecule has 0 aliphatic heterocycles. The van der Waals surface area contributed by atoms with Crippen molar-refractivity contribution in [2.24, 2.45) is 0 Å².